The molecule has 2 N–H and O–H groups in total. The molecule has 0 saturated carbocycles. The third-order valence-electron chi connectivity index (χ3n) is 2.68. The summed E-state index contributed by atoms with van der Waals surface area (Å²) in [6, 6.07) is 8.35. The number of hydrogen-bond donors (Lipinski definition) is 2. The van der Waals surface area contributed by atoms with Crippen LogP contribution in [0.25, 0.3) is 0 Å². The van der Waals surface area contributed by atoms with Gasteiger partial charge in [-0.15, -0.1) is 0 Å². The molecular formula is C14H11IN2O3. The van der Waals surface area contributed by atoms with Crippen LogP contribution >= 0.6 is 22.6 Å². The standard InChI is InChI=1S/C14H11IN2O3/c1-8-3-2-4-10(12(8)15)13(18)17-9-5-6-11(14(19)20)16-7-9/h2-7H,1H3,(H,17,18)(H,19,20). The predicted octanol–water partition coefficient (Wildman–Crippen LogP) is 2.95. The minimum absolute atomic E-state index is 0.0619. The van der Waals surface area contributed by atoms with Crippen molar-refractivity contribution >= 4 is 40.2 Å². The number of anilines is 1. The predicted molar refractivity (Wildman–Crippen MR) is 83.0 cm³/mol. The molecule has 0 spiro atoms. The Morgan fingerprint density at radius 3 is 2.60 bits per heavy atom. The maximum absolute atomic E-state index is 12.1. The minimum Gasteiger partial charge on any atom is -0.477 e. The number of hydrogen-bond acceptors (Lipinski definition) is 3. The van der Waals surface area contributed by atoms with Gasteiger partial charge in [-0.25, -0.2) is 9.78 Å². The zero-order chi connectivity index (χ0) is 14.7. The van der Waals surface area contributed by atoms with E-state index >= 15 is 0 Å². The molecule has 0 aliphatic carbocycles. The minimum atomic E-state index is -1.10. The van der Waals surface area contributed by atoms with Crippen molar-refractivity contribution in [2.45, 2.75) is 6.92 Å². The number of aromatic carboxylic acids is 1. The average molecular weight is 382 g/mol. The molecule has 0 unspecified atom stereocenters. The van der Waals surface area contributed by atoms with Crippen LogP contribution in [-0.4, -0.2) is 22.0 Å². The van der Waals surface area contributed by atoms with Crippen LogP contribution in [0.1, 0.15) is 26.4 Å². The molecule has 0 aliphatic rings. The lowest BCUT2D eigenvalue weighted by atomic mass is 10.1. The van der Waals surface area contributed by atoms with Crippen LogP contribution in [-0.2, 0) is 0 Å². The number of amides is 1. The van der Waals surface area contributed by atoms with Crippen LogP contribution in [0.2, 0.25) is 0 Å². The number of carbonyl (C=O) groups is 2. The highest BCUT2D eigenvalue weighted by molar-refractivity contribution is 14.1. The van der Waals surface area contributed by atoms with Gasteiger partial charge in [0.15, 0.2) is 0 Å². The Kier molecular flexibility index (Phi) is 4.33. The van der Waals surface area contributed by atoms with Gasteiger partial charge in [-0.2, -0.15) is 0 Å². The van der Waals surface area contributed by atoms with E-state index in [1.165, 1.54) is 18.3 Å². The molecule has 2 rings (SSSR count). The van der Waals surface area contributed by atoms with Gasteiger partial charge in [-0.3, -0.25) is 4.79 Å². The van der Waals surface area contributed by atoms with Crippen molar-refractivity contribution in [3.8, 4) is 0 Å². The van der Waals surface area contributed by atoms with Crippen molar-refractivity contribution in [3.63, 3.8) is 0 Å². The number of carbonyl (C=O) groups excluding carboxylic acids is 1. The summed E-state index contributed by atoms with van der Waals surface area (Å²) in [4.78, 5) is 26.6. The van der Waals surface area contributed by atoms with Gasteiger partial charge >= 0.3 is 5.97 Å². The summed E-state index contributed by atoms with van der Waals surface area (Å²) in [6.07, 6.45) is 1.32. The Bertz CT molecular complexity index is 669. The van der Waals surface area contributed by atoms with Crippen LogP contribution in [0.4, 0.5) is 5.69 Å². The molecule has 0 atom stereocenters. The van der Waals surface area contributed by atoms with Crippen LogP contribution in [0.15, 0.2) is 36.5 Å². The molecule has 0 radical (unpaired) electrons. The van der Waals surface area contributed by atoms with Crippen molar-refractivity contribution in [2.75, 3.05) is 5.32 Å². The third kappa shape index (κ3) is 3.13. The van der Waals surface area contributed by atoms with Gasteiger partial charge in [0.25, 0.3) is 5.91 Å². The van der Waals surface area contributed by atoms with E-state index in [0.29, 0.717) is 11.3 Å². The second kappa shape index (κ2) is 6.00. The Labute approximate surface area is 129 Å². The van der Waals surface area contributed by atoms with E-state index in [9.17, 15) is 9.59 Å². The fourth-order valence-electron chi connectivity index (χ4n) is 1.62. The van der Waals surface area contributed by atoms with Gasteiger partial charge in [-0.1, -0.05) is 12.1 Å². The smallest absolute Gasteiger partial charge is 0.354 e. The zero-order valence-electron chi connectivity index (χ0n) is 10.6. The molecule has 1 aromatic carbocycles. The molecule has 0 aliphatic heterocycles. The van der Waals surface area contributed by atoms with Gasteiger partial charge in [0, 0.05) is 3.57 Å². The number of carboxylic acids is 1. The van der Waals surface area contributed by atoms with Gasteiger partial charge in [0.05, 0.1) is 17.4 Å². The molecular weight excluding hydrogens is 371 g/mol. The summed E-state index contributed by atoms with van der Waals surface area (Å²) in [7, 11) is 0. The van der Waals surface area contributed by atoms with Crippen molar-refractivity contribution in [1.29, 1.82) is 0 Å². The van der Waals surface area contributed by atoms with Gasteiger partial charge in [0.1, 0.15) is 5.69 Å². The second-order valence-electron chi connectivity index (χ2n) is 4.13. The van der Waals surface area contributed by atoms with Crippen molar-refractivity contribution in [2.24, 2.45) is 0 Å². The number of pyridine rings is 1. The summed E-state index contributed by atoms with van der Waals surface area (Å²) in [5, 5.41) is 11.4. The number of carboxylic acid groups (broad SMARTS) is 1. The topological polar surface area (TPSA) is 79.3 Å². The summed E-state index contributed by atoms with van der Waals surface area (Å²) in [6.45, 7) is 1.93. The van der Waals surface area contributed by atoms with Gasteiger partial charge in [0.2, 0.25) is 0 Å². The highest BCUT2D eigenvalue weighted by atomic mass is 127. The number of halogens is 1. The average Bonchev–Trinajstić information content (AvgIpc) is 2.42. The largest absolute Gasteiger partial charge is 0.477 e. The Morgan fingerprint density at radius 2 is 2.00 bits per heavy atom. The molecule has 2 aromatic rings. The van der Waals surface area contributed by atoms with E-state index in [1.807, 2.05) is 19.1 Å². The van der Waals surface area contributed by atoms with E-state index in [4.69, 9.17) is 5.11 Å². The molecule has 0 fully saturated rings. The van der Waals surface area contributed by atoms with Crippen LogP contribution in [0.3, 0.4) is 0 Å². The molecule has 102 valence electrons. The molecule has 1 heterocycles. The van der Waals surface area contributed by atoms with Crippen LogP contribution in [0.5, 0.6) is 0 Å². The molecule has 6 heteroatoms. The molecule has 5 nitrogen and oxygen atoms in total. The fourth-order valence-corrected chi connectivity index (χ4v) is 2.22. The molecule has 1 amide bonds. The maximum atomic E-state index is 12.1. The molecule has 20 heavy (non-hydrogen) atoms. The number of aromatic nitrogens is 1. The Morgan fingerprint density at radius 1 is 1.25 bits per heavy atom. The van der Waals surface area contributed by atoms with E-state index < -0.39 is 5.97 Å². The van der Waals surface area contributed by atoms with Crippen LogP contribution in [0, 0.1) is 10.5 Å². The Hall–Kier alpha value is -1.96. The van der Waals surface area contributed by atoms with Crippen molar-refractivity contribution < 1.29 is 14.7 Å². The summed E-state index contributed by atoms with van der Waals surface area (Å²) >= 11 is 2.12. The lowest BCUT2D eigenvalue weighted by Crippen LogP contribution is -2.14. The van der Waals surface area contributed by atoms with E-state index in [1.54, 1.807) is 6.07 Å². The van der Waals surface area contributed by atoms with Gasteiger partial charge < -0.3 is 10.4 Å². The SMILES string of the molecule is Cc1cccc(C(=O)Nc2ccc(C(=O)O)nc2)c1I. The first kappa shape index (κ1) is 14.4. The number of rotatable bonds is 3. The number of nitrogens with zero attached hydrogens (tertiary/aromatic N) is 1. The lowest BCUT2D eigenvalue weighted by molar-refractivity contribution is 0.0690. The third-order valence-corrected chi connectivity index (χ3v) is 4.11. The molecule has 1 aromatic heterocycles. The maximum Gasteiger partial charge on any atom is 0.354 e. The summed E-state index contributed by atoms with van der Waals surface area (Å²) in [5.41, 5.74) is 2.00. The number of nitrogens with one attached hydrogen (secondary N) is 1. The first-order valence-electron chi connectivity index (χ1n) is 5.75. The second-order valence-corrected chi connectivity index (χ2v) is 5.21. The molecule has 0 bridgehead atoms. The first-order valence-corrected chi connectivity index (χ1v) is 6.82. The van der Waals surface area contributed by atoms with Crippen molar-refractivity contribution in [3.05, 3.63) is 56.9 Å². The molecule has 0 saturated heterocycles. The first-order chi connectivity index (χ1) is 9.49. The van der Waals surface area contributed by atoms with Crippen LogP contribution < -0.4 is 5.32 Å². The number of aryl methyl sites for hydroxylation is 1. The van der Waals surface area contributed by atoms with E-state index in [-0.39, 0.29) is 11.6 Å². The Balaban J connectivity index is 2.19. The quantitative estimate of drug-likeness (QED) is 0.801. The normalized spacial score (nSPS) is 10.1. The van der Waals surface area contributed by atoms with Gasteiger partial charge in [-0.05, 0) is 53.3 Å². The van der Waals surface area contributed by atoms with Crippen molar-refractivity contribution in [1.82, 2.24) is 4.98 Å². The zero-order valence-corrected chi connectivity index (χ0v) is 12.7. The summed E-state index contributed by atoms with van der Waals surface area (Å²) < 4.78 is 0.887. The highest BCUT2D eigenvalue weighted by Crippen LogP contribution is 2.18. The van der Waals surface area contributed by atoms with E-state index in [2.05, 4.69) is 32.9 Å². The summed E-state index contributed by atoms with van der Waals surface area (Å²) in [5.74, 6) is -1.35. The fraction of sp³-hybridized carbons (Fsp3) is 0.0714. The van der Waals surface area contributed by atoms with E-state index in [0.717, 1.165) is 9.13 Å². The highest BCUT2D eigenvalue weighted by Gasteiger charge is 2.12. The monoisotopic (exact) mass is 382 g/mol. The lowest BCUT2D eigenvalue weighted by Gasteiger charge is -2.08. The number of benzene rings is 1.